The van der Waals surface area contributed by atoms with Gasteiger partial charge in [0.15, 0.2) is 5.82 Å². The molecular formula is C14H15Cl2N3O2. The van der Waals surface area contributed by atoms with Crippen LogP contribution < -0.4 is 5.32 Å². The third-order valence-corrected chi connectivity index (χ3v) is 4.36. The quantitative estimate of drug-likeness (QED) is 0.935. The largest absolute Gasteiger partial charge is 0.379 e. The average molecular weight is 328 g/mol. The molecule has 2 atom stereocenters. The first-order chi connectivity index (χ1) is 10.2. The summed E-state index contributed by atoms with van der Waals surface area (Å²) < 4.78 is 10.8. The van der Waals surface area contributed by atoms with Gasteiger partial charge in [-0.1, -0.05) is 34.4 Å². The van der Waals surface area contributed by atoms with Crippen LogP contribution in [0.4, 0.5) is 0 Å². The number of aromatic nitrogens is 2. The second-order valence-corrected chi connectivity index (χ2v) is 5.78. The van der Waals surface area contributed by atoms with Gasteiger partial charge in [0.1, 0.15) is 0 Å². The Bertz CT molecular complexity index is 612. The average Bonchev–Trinajstić information content (AvgIpc) is 3.11. The van der Waals surface area contributed by atoms with Gasteiger partial charge in [-0.2, -0.15) is 4.98 Å². The number of likely N-dealkylation sites (N-methyl/N-ethyl adjacent to an activating group) is 1. The van der Waals surface area contributed by atoms with Gasteiger partial charge in [0, 0.05) is 22.5 Å². The topological polar surface area (TPSA) is 60.2 Å². The van der Waals surface area contributed by atoms with Gasteiger partial charge >= 0.3 is 0 Å². The summed E-state index contributed by atoms with van der Waals surface area (Å²) >= 11 is 12.3. The minimum Gasteiger partial charge on any atom is -0.379 e. The van der Waals surface area contributed by atoms with Crippen LogP contribution >= 0.6 is 23.2 Å². The zero-order valence-corrected chi connectivity index (χ0v) is 13.0. The van der Waals surface area contributed by atoms with Gasteiger partial charge < -0.3 is 14.6 Å². The van der Waals surface area contributed by atoms with E-state index in [0.717, 1.165) is 5.56 Å². The molecule has 0 saturated carbocycles. The van der Waals surface area contributed by atoms with E-state index in [1.165, 1.54) is 0 Å². The van der Waals surface area contributed by atoms with E-state index in [1.807, 2.05) is 13.1 Å². The molecule has 0 amide bonds. The van der Waals surface area contributed by atoms with Crippen molar-refractivity contribution in [3.05, 3.63) is 45.5 Å². The lowest BCUT2D eigenvalue weighted by atomic mass is 10.0. The first-order valence-corrected chi connectivity index (χ1v) is 7.45. The second kappa shape index (κ2) is 6.32. The normalized spacial score (nSPS) is 21.9. The van der Waals surface area contributed by atoms with Gasteiger partial charge in [0.05, 0.1) is 19.1 Å². The Hall–Kier alpha value is -1.14. The highest BCUT2D eigenvalue weighted by Gasteiger charge is 2.33. The molecule has 0 spiro atoms. The lowest BCUT2D eigenvalue weighted by molar-refractivity contribution is 0.185. The number of halogens is 2. The number of hydrogen-bond acceptors (Lipinski definition) is 5. The fourth-order valence-electron chi connectivity index (χ4n) is 2.43. The minimum atomic E-state index is 0.0815. The summed E-state index contributed by atoms with van der Waals surface area (Å²) in [6.07, 6.45) is 0.444. The Morgan fingerprint density at radius 1 is 1.29 bits per heavy atom. The van der Waals surface area contributed by atoms with E-state index in [1.54, 1.807) is 12.1 Å². The van der Waals surface area contributed by atoms with E-state index in [9.17, 15) is 0 Å². The molecule has 1 aromatic carbocycles. The minimum absolute atomic E-state index is 0.0815. The Balaban J connectivity index is 1.79. The van der Waals surface area contributed by atoms with Crippen LogP contribution in [0.1, 0.15) is 23.2 Å². The Morgan fingerprint density at radius 2 is 2.05 bits per heavy atom. The van der Waals surface area contributed by atoms with Crippen molar-refractivity contribution in [1.82, 2.24) is 15.5 Å². The summed E-state index contributed by atoms with van der Waals surface area (Å²) in [6.45, 7) is 1.23. The van der Waals surface area contributed by atoms with E-state index >= 15 is 0 Å². The maximum absolute atomic E-state index is 6.16. The summed E-state index contributed by atoms with van der Waals surface area (Å²) in [4.78, 5) is 4.45. The highest BCUT2D eigenvalue weighted by Crippen LogP contribution is 2.28. The third-order valence-electron chi connectivity index (χ3n) is 3.65. The van der Waals surface area contributed by atoms with Gasteiger partial charge in [0.2, 0.25) is 5.89 Å². The molecule has 5 nitrogen and oxygen atoms in total. The first kappa shape index (κ1) is 14.8. The Morgan fingerprint density at radius 3 is 2.76 bits per heavy atom. The Kier molecular flexibility index (Phi) is 4.45. The summed E-state index contributed by atoms with van der Waals surface area (Å²) in [5, 5.41) is 8.42. The van der Waals surface area contributed by atoms with Crippen molar-refractivity contribution in [3.8, 4) is 0 Å². The number of nitrogens with zero attached hydrogens (tertiary/aromatic N) is 2. The molecule has 1 N–H and O–H groups in total. The van der Waals surface area contributed by atoms with Crippen LogP contribution in [0.5, 0.6) is 0 Å². The maximum atomic E-state index is 6.16. The SMILES string of the molecule is CNC1COCC1c1nc(Cc2c(Cl)cccc2Cl)no1. The zero-order valence-electron chi connectivity index (χ0n) is 11.5. The summed E-state index contributed by atoms with van der Waals surface area (Å²) in [5.41, 5.74) is 0.807. The lowest BCUT2D eigenvalue weighted by Gasteiger charge is -2.11. The van der Waals surface area contributed by atoms with Gasteiger partial charge in [-0.3, -0.25) is 0 Å². The van der Waals surface area contributed by atoms with Crippen LogP contribution in [-0.2, 0) is 11.2 Å². The molecule has 2 aromatic rings. The standard InChI is InChI=1S/C14H15Cl2N3O2/c1-17-12-7-20-6-9(12)14-18-13(19-21-14)5-8-10(15)3-2-4-11(8)16/h2-4,9,12,17H,5-7H2,1H3. The van der Waals surface area contributed by atoms with Crippen LogP contribution in [0.25, 0.3) is 0 Å². The molecule has 21 heavy (non-hydrogen) atoms. The van der Waals surface area contributed by atoms with Crippen molar-refractivity contribution >= 4 is 23.2 Å². The van der Waals surface area contributed by atoms with Crippen LogP contribution in [0.15, 0.2) is 22.7 Å². The monoisotopic (exact) mass is 327 g/mol. The molecule has 112 valence electrons. The Labute approximate surface area is 132 Å². The summed E-state index contributed by atoms with van der Waals surface area (Å²) in [7, 11) is 1.90. The molecule has 2 heterocycles. The van der Waals surface area contributed by atoms with Crippen molar-refractivity contribution < 1.29 is 9.26 Å². The number of benzene rings is 1. The van der Waals surface area contributed by atoms with Crippen LogP contribution in [0.2, 0.25) is 10.0 Å². The van der Waals surface area contributed by atoms with Gasteiger partial charge in [-0.05, 0) is 24.7 Å². The molecule has 3 rings (SSSR count). The molecule has 1 aliphatic rings. The van der Waals surface area contributed by atoms with Gasteiger partial charge in [0.25, 0.3) is 0 Å². The molecule has 2 unspecified atom stereocenters. The van der Waals surface area contributed by atoms with E-state index < -0.39 is 0 Å². The number of rotatable bonds is 4. The highest BCUT2D eigenvalue weighted by molar-refractivity contribution is 6.36. The van der Waals surface area contributed by atoms with E-state index in [4.69, 9.17) is 32.5 Å². The number of nitrogens with one attached hydrogen (secondary N) is 1. The molecule has 1 aliphatic heterocycles. The molecule has 0 aliphatic carbocycles. The lowest BCUT2D eigenvalue weighted by Crippen LogP contribution is -2.31. The molecule has 0 radical (unpaired) electrons. The summed E-state index contributed by atoms with van der Waals surface area (Å²) in [5.74, 6) is 1.24. The number of ether oxygens (including phenoxy) is 1. The third kappa shape index (κ3) is 3.06. The van der Waals surface area contributed by atoms with Gasteiger partial charge in [-0.25, -0.2) is 0 Å². The fraction of sp³-hybridized carbons (Fsp3) is 0.429. The predicted octanol–water partition coefficient (Wildman–Crippen LogP) is 2.67. The molecule has 1 aromatic heterocycles. The molecule has 1 saturated heterocycles. The highest BCUT2D eigenvalue weighted by atomic mass is 35.5. The van der Waals surface area contributed by atoms with E-state index in [-0.39, 0.29) is 12.0 Å². The predicted molar refractivity (Wildman–Crippen MR) is 80.0 cm³/mol. The molecule has 1 fully saturated rings. The van der Waals surface area contributed by atoms with E-state index in [2.05, 4.69) is 15.5 Å². The van der Waals surface area contributed by atoms with Crippen LogP contribution in [0.3, 0.4) is 0 Å². The molecular weight excluding hydrogens is 313 g/mol. The van der Waals surface area contributed by atoms with Crippen molar-refractivity contribution in [3.63, 3.8) is 0 Å². The molecule has 7 heteroatoms. The van der Waals surface area contributed by atoms with Crippen molar-refractivity contribution in [2.45, 2.75) is 18.4 Å². The molecule has 0 bridgehead atoms. The van der Waals surface area contributed by atoms with Crippen LogP contribution in [-0.4, -0.2) is 36.4 Å². The maximum Gasteiger partial charge on any atom is 0.233 e. The van der Waals surface area contributed by atoms with Crippen LogP contribution in [0, 0.1) is 0 Å². The fourth-order valence-corrected chi connectivity index (χ4v) is 2.96. The smallest absolute Gasteiger partial charge is 0.233 e. The van der Waals surface area contributed by atoms with E-state index in [0.29, 0.717) is 41.4 Å². The summed E-state index contributed by atoms with van der Waals surface area (Å²) in [6, 6.07) is 5.60. The second-order valence-electron chi connectivity index (χ2n) is 4.96. The van der Waals surface area contributed by atoms with Gasteiger partial charge in [-0.15, -0.1) is 0 Å². The zero-order chi connectivity index (χ0) is 14.8. The van der Waals surface area contributed by atoms with Crippen molar-refractivity contribution in [2.75, 3.05) is 20.3 Å². The van der Waals surface area contributed by atoms with Crippen molar-refractivity contribution in [1.29, 1.82) is 0 Å². The first-order valence-electron chi connectivity index (χ1n) is 6.69. The van der Waals surface area contributed by atoms with Crippen molar-refractivity contribution in [2.24, 2.45) is 0 Å². The number of hydrogen-bond donors (Lipinski definition) is 1.